The molecular weight excluding hydrogens is 1190 g/mol. The molecule has 25 heteroatoms. The molecule has 0 spiro atoms. The maximum Gasteiger partial charge on any atom is 0.407 e. The number of rotatable bonds is 23. The smallest absolute Gasteiger partial charge is 0.407 e. The molecular formula is C63H82ClFN12O9S2. The van der Waals surface area contributed by atoms with Crippen molar-refractivity contribution in [2.24, 2.45) is 16.7 Å². The second kappa shape index (κ2) is 28.3. The Morgan fingerprint density at radius 1 is 0.886 bits per heavy atom. The molecule has 1 aliphatic carbocycles. The van der Waals surface area contributed by atoms with E-state index in [2.05, 4.69) is 57.9 Å². The Hall–Kier alpha value is -6.89. The summed E-state index contributed by atoms with van der Waals surface area (Å²) in [6.07, 6.45) is 11.3. The van der Waals surface area contributed by atoms with E-state index in [-0.39, 0.29) is 56.9 Å². The van der Waals surface area contributed by atoms with Crippen molar-refractivity contribution in [1.82, 2.24) is 45.8 Å². The highest BCUT2D eigenvalue weighted by atomic mass is 35.5. The average Bonchev–Trinajstić information content (AvgIpc) is 1.91. The van der Waals surface area contributed by atoms with Gasteiger partial charge in [-0.2, -0.15) is 0 Å². The van der Waals surface area contributed by atoms with Crippen molar-refractivity contribution in [3.63, 3.8) is 0 Å². The number of aryl methyl sites for hydroxylation is 1. The van der Waals surface area contributed by atoms with Crippen LogP contribution in [0, 0.1) is 23.7 Å². The summed E-state index contributed by atoms with van der Waals surface area (Å²) in [5, 5.41) is 23.3. The Labute approximate surface area is 527 Å². The minimum Gasteiger partial charge on any atom is -0.490 e. The Kier molecular flexibility index (Phi) is 21.1. The monoisotopic (exact) mass is 1270 g/mol. The predicted octanol–water partition coefficient (Wildman–Crippen LogP) is 9.73. The molecule has 5 N–H and O–H groups in total. The molecule has 0 unspecified atom stereocenters. The average molecular weight is 1270 g/mol. The van der Waals surface area contributed by atoms with Crippen molar-refractivity contribution in [1.29, 1.82) is 0 Å². The number of piperidine rings is 2. The molecule has 3 aromatic heterocycles. The van der Waals surface area contributed by atoms with Gasteiger partial charge in [-0.3, -0.25) is 19.2 Å². The number of benzene rings is 2. The van der Waals surface area contributed by atoms with Gasteiger partial charge in [0, 0.05) is 69.1 Å². The zero-order valence-corrected chi connectivity index (χ0v) is 53.8. The first-order valence-corrected chi connectivity index (χ1v) is 32.3. The lowest BCUT2D eigenvalue weighted by molar-refractivity contribution is -0.145. The lowest BCUT2D eigenvalue weighted by Crippen LogP contribution is -2.59. The summed E-state index contributed by atoms with van der Waals surface area (Å²) >= 11 is 9.73. The van der Waals surface area contributed by atoms with E-state index in [9.17, 15) is 33.5 Å². The van der Waals surface area contributed by atoms with E-state index in [0.29, 0.717) is 57.6 Å². The van der Waals surface area contributed by atoms with Gasteiger partial charge in [0.15, 0.2) is 11.4 Å². The van der Waals surface area contributed by atoms with Gasteiger partial charge in [-0.25, -0.2) is 34.1 Å². The Morgan fingerprint density at radius 2 is 1.61 bits per heavy atom. The number of anilines is 3. The van der Waals surface area contributed by atoms with Crippen molar-refractivity contribution in [2.45, 2.75) is 166 Å². The predicted molar refractivity (Wildman–Crippen MR) is 337 cm³/mol. The zero-order chi connectivity index (χ0) is 63.0. The Morgan fingerprint density at radius 3 is 2.27 bits per heavy atom. The number of nitrogens with one attached hydrogen (secondary N) is 4. The number of carbonyl (C=O) groups is 5. The number of ether oxygens (including phenoxy) is 3. The van der Waals surface area contributed by atoms with Crippen molar-refractivity contribution in [3.8, 4) is 21.9 Å². The third kappa shape index (κ3) is 17.5. The van der Waals surface area contributed by atoms with Crippen molar-refractivity contribution in [3.05, 3.63) is 83.0 Å². The number of alkyl carbamates (subject to hydrolysis) is 1. The number of carbonyl (C=O) groups excluding carboxylic acids is 5. The van der Waals surface area contributed by atoms with Crippen molar-refractivity contribution < 1.29 is 47.7 Å². The van der Waals surface area contributed by atoms with E-state index < -0.39 is 58.7 Å². The van der Waals surface area contributed by atoms with Crippen molar-refractivity contribution in [2.75, 3.05) is 67.6 Å². The second-order valence-electron chi connectivity index (χ2n) is 25.8. The van der Waals surface area contributed by atoms with Crippen LogP contribution in [0.2, 0.25) is 5.02 Å². The molecule has 88 heavy (non-hydrogen) atoms. The molecule has 3 saturated heterocycles. The van der Waals surface area contributed by atoms with Crippen LogP contribution in [0.15, 0.2) is 76.6 Å². The first-order valence-electron chi connectivity index (χ1n) is 30.2. The fourth-order valence-electron chi connectivity index (χ4n) is 11.0. The largest absolute Gasteiger partial charge is 0.490 e. The summed E-state index contributed by atoms with van der Waals surface area (Å²) in [6, 6.07) is 9.11. The highest BCUT2D eigenvalue weighted by molar-refractivity contribution is 7.99. The SMILES string of the molecule is Cc1ncsc1-c1ccc(CNC(=O)[C@@H]2C[C@@H](O)CN2C(=O)[C@@H](NC(=O)C2(F)CC2)C(C)(C)C)c(OCCOc2cnc(N3CCC(CCCC(=O)Nc4cccc(Sc5cnc(N6CCC(C)(CNC(=O)OC(C)(C)C)CC6)cn5)c4Cl)CC3)nc2)c1. The molecule has 1 saturated carbocycles. The summed E-state index contributed by atoms with van der Waals surface area (Å²) in [5.41, 5.74) is 1.35. The van der Waals surface area contributed by atoms with Crippen LogP contribution in [0.5, 0.6) is 11.5 Å². The summed E-state index contributed by atoms with van der Waals surface area (Å²) in [4.78, 5) is 96.4. The number of nitrogens with zero attached hydrogens (tertiary/aromatic N) is 8. The van der Waals surface area contributed by atoms with E-state index in [0.717, 1.165) is 91.6 Å². The van der Waals surface area contributed by atoms with Gasteiger partial charge in [-0.15, -0.1) is 11.3 Å². The Balaban J connectivity index is 0.688. The van der Waals surface area contributed by atoms with Crippen LogP contribution in [0.25, 0.3) is 10.4 Å². The molecule has 5 aromatic rings. The van der Waals surface area contributed by atoms with E-state index in [1.165, 1.54) is 28.0 Å². The fourth-order valence-corrected chi connectivity index (χ4v) is 12.9. The lowest BCUT2D eigenvalue weighted by atomic mass is 9.80. The maximum absolute atomic E-state index is 14.7. The summed E-state index contributed by atoms with van der Waals surface area (Å²) < 4.78 is 32.4. The number of aromatic nitrogens is 5. The minimum absolute atomic E-state index is 0.000766. The first-order chi connectivity index (χ1) is 41.8. The number of aliphatic hydroxyl groups excluding tert-OH is 1. The molecule has 5 amide bonds. The van der Waals surface area contributed by atoms with Crippen LogP contribution >= 0.6 is 34.7 Å². The van der Waals surface area contributed by atoms with Gasteiger partial charge in [0.25, 0.3) is 5.91 Å². The number of hydrogen-bond acceptors (Lipinski definition) is 18. The molecule has 474 valence electrons. The summed E-state index contributed by atoms with van der Waals surface area (Å²) in [6.45, 7) is 18.9. The van der Waals surface area contributed by atoms with Gasteiger partial charge in [0.2, 0.25) is 23.7 Å². The molecule has 6 heterocycles. The van der Waals surface area contributed by atoms with E-state index in [4.69, 9.17) is 30.8 Å². The lowest BCUT2D eigenvalue weighted by Gasteiger charge is -2.40. The minimum atomic E-state index is -1.99. The summed E-state index contributed by atoms with van der Waals surface area (Å²) in [5.74, 6) is 0.866. The summed E-state index contributed by atoms with van der Waals surface area (Å²) in [7, 11) is 0. The normalized spacial score (nSPS) is 18.7. The van der Waals surface area contributed by atoms with E-state index in [1.807, 2.05) is 58.0 Å². The van der Waals surface area contributed by atoms with Gasteiger partial charge >= 0.3 is 6.09 Å². The van der Waals surface area contributed by atoms with Gasteiger partial charge < -0.3 is 55.3 Å². The molecule has 2 aromatic carbocycles. The highest BCUT2D eigenvalue weighted by Gasteiger charge is 2.53. The molecule has 3 atom stereocenters. The van der Waals surface area contributed by atoms with Crippen LogP contribution in [-0.2, 0) is 30.5 Å². The van der Waals surface area contributed by atoms with Gasteiger partial charge in [-0.05, 0) is 120 Å². The third-order valence-electron chi connectivity index (χ3n) is 16.4. The number of aliphatic hydroxyl groups is 1. The molecule has 0 bridgehead atoms. The molecule has 0 radical (unpaired) electrons. The zero-order valence-electron chi connectivity index (χ0n) is 51.5. The van der Waals surface area contributed by atoms with E-state index in [1.54, 1.807) is 57.1 Å². The van der Waals surface area contributed by atoms with Crippen LogP contribution < -0.4 is 40.5 Å². The first kappa shape index (κ1) is 65.6. The second-order valence-corrected chi connectivity index (χ2v) is 28.1. The number of halogens is 2. The molecule has 4 fully saturated rings. The number of alkyl halides is 1. The van der Waals surface area contributed by atoms with Crippen LogP contribution in [-0.4, -0.2) is 147 Å². The number of thiazole rings is 1. The van der Waals surface area contributed by atoms with Gasteiger partial charge in [0.1, 0.15) is 47.5 Å². The van der Waals surface area contributed by atoms with Crippen LogP contribution in [0.4, 0.5) is 26.6 Å². The number of likely N-dealkylation sites (tertiary alicyclic amines) is 1. The third-order valence-corrected chi connectivity index (χ3v) is 18.9. The van der Waals surface area contributed by atoms with Gasteiger partial charge in [0.05, 0.1) is 57.7 Å². The van der Waals surface area contributed by atoms with Crippen LogP contribution in [0.1, 0.15) is 124 Å². The quantitative estimate of drug-likeness (QED) is 0.0381. The molecule has 3 aliphatic heterocycles. The molecule has 4 aliphatic rings. The van der Waals surface area contributed by atoms with E-state index >= 15 is 0 Å². The van der Waals surface area contributed by atoms with Crippen LogP contribution in [0.3, 0.4) is 0 Å². The standard InChI is InChI=1S/C63H82ClFN12O9S2/c1-39-53(87-38-72-39)41-15-16-42(31-68-55(80)46-30-43(78)36-77(46)56(81)54(60(2,3)4)74-57(82)63(65)19-20-63)47(29-41)85-28-27-84-44-32-69-58(70-33-44)76-23-17-40(18-24-76)11-9-14-50(79)73-45-12-10-13-48(52(45)64)88-51-35-66-49(34-67-51)75-25-21-62(8,22-26-75)37-71-59(83)86-61(5,6)7/h10,12-13,15-16,29,32-35,38,40,43,46,54,78H,9,11,14,17-28,30-31,36-37H2,1-8H3,(H,68,80)(H,71,83)(H,73,79)(H,74,82)/t43-,46+,54-/m1/s1. The topological polar surface area (TPSA) is 256 Å². The highest BCUT2D eigenvalue weighted by Crippen LogP contribution is 2.41. The Bertz CT molecular complexity index is 3250. The number of hydrogen-bond donors (Lipinski definition) is 5. The number of amides is 5. The molecule has 9 rings (SSSR count). The molecule has 21 nitrogen and oxygen atoms in total. The number of β-amino-alcohol motifs (C(OH)–C–C–N with tert-alkyl or cyclic N) is 1. The van der Waals surface area contributed by atoms with Crippen molar-refractivity contribution >= 4 is 81.9 Å². The van der Waals surface area contributed by atoms with Gasteiger partial charge in [-0.1, -0.05) is 69.3 Å². The maximum atomic E-state index is 14.7. The fraction of sp³-hybridized carbons (Fsp3) is 0.556.